The Kier molecular flexibility index (Phi) is 9.06. The zero-order valence-corrected chi connectivity index (χ0v) is 20.7. The van der Waals surface area contributed by atoms with Crippen LogP contribution in [0.1, 0.15) is 42.1 Å². The number of carboxylic acid groups (broad SMARTS) is 1. The van der Waals surface area contributed by atoms with E-state index < -0.39 is 17.9 Å². The van der Waals surface area contributed by atoms with Gasteiger partial charge in [0.05, 0.1) is 8.95 Å². The van der Waals surface area contributed by atoms with Gasteiger partial charge in [0.25, 0.3) is 5.91 Å². The van der Waals surface area contributed by atoms with Gasteiger partial charge >= 0.3 is 5.97 Å². The van der Waals surface area contributed by atoms with E-state index in [2.05, 4.69) is 37.2 Å². The van der Waals surface area contributed by atoms with Crippen LogP contribution in [0.15, 0.2) is 39.3 Å². The largest absolute Gasteiger partial charge is 0.508 e. The van der Waals surface area contributed by atoms with E-state index in [-0.39, 0.29) is 11.7 Å². The number of nitrogens with one attached hydrogen (secondary N) is 1. The molecule has 6 nitrogen and oxygen atoms in total. The monoisotopic (exact) mass is 559 g/mol. The number of aliphatic carboxylic acids is 1. The minimum absolute atomic E-state index is 0.125. The summed E-state index contributed by atoms with van der Waals surface area (Å²) in [6.45, 7) is 3.95. The molecule has 2 aromatic carbocycles. The molecule has 0 fully saturated rings. The Morgan fingerprint density at radius 1 is 1.17 bits per heavy atom. The highest BCUT2D eigenvalue weighted by molar-refractivity contribution is 9.11. The molecule has 0 aliphatic heterocycles. The molecule has 9 heteroatoms. The second kappa shape index (κ2) is 11.1. The van der Waals surface area contributed by atoms with Gasteiger partial charge in [-0.3, -0.25) is 4.79 Å². The van der Waals surface area contributed by atoms with Crippen molar-refractivity contribution in [2.45, 2.75) is 32.2 Å². The van der Waals surface area contributed by atoms with E-state index in [1.54, 1.807) is 30.3 Å². The first kappa shape index (κ1) is 24.6. The average Bonchev–Trinajstić information content (AvgIpc) is 2.68. The van der Waals surface area contributed by atoms with Crippen LogP contribution in [0.2, 0.25) is 0 Å². The van der Waals surface area contributed by atoms with Gasteiger partial charge in [-0.1, -0.05) is 13.8 Å². The van der Waals surface area contributed by atoms with Crippen LogP contribution in [0.5, 0.6) is 17.2 Å². The Labute approximate surface area is 196 Å². The first-order chi connectivity index (χ1) is 14.1. The van der Waals surface area contributed by atoms with E-state index in [9.17, 15) is 19.8 Å². The van der Waals surface area contributed by atoms with Crippen molar-refractivity contribution < 1.29 is 24.5 Å². The van der Waals surface area contributed by atoms with Gasteiger partial charge in [0.1, 0.15) is 17.5 Å². The minimum atomic E-state index is -1.07. The van der Waals surface area contributed by atoms with Crippen molar-refractivity contribution in [1.29, 1.82) is 0 Å². The standard InChI is InChI=1S/C21H23Br2NO5S/c1-11(2)14-10-13(4-5-18(14)25)29-19-15(22)8-12(9-16(19)23)20(26)24-17(21(27)28)6-7-30-3/h4-5,8-11,17,25H,6-7H2,1-3H3,(H,24,26)(H,27,28)/t17-/m1/s1. The number of halogens is 2. The molecule has 0 radical (unpaired) electrons. The van der Waals surface area contributed by atoms with Crippen LogP contribution in [-0.2, 0) is 4.79 Å². The number of carboxylic acids is 1. The number of benzene rings is 2. The number of amides is 1. The van der Waals surface area contributed by atoms with Crippen molar-refractivity contribution in [3.05, 3.63) is 50.4 Å². The molecule has 1 atom stereocenters. The lowest BCUT2D eigenvalue weighted by atomic mass is 10.0. The molecule has 0 saturated carbocycles. The van der Waals surface area contributed by atoms with Crippen LogP contribution in [0.4, 0.5) is 0 Å². The van der Waals surface area contributed by atoms with Gasteiger partial charge in [-0.25, -0.2) is 4.79 Å². The predicted octanol–water partition coefficient (Wildman–Crippen LogP) is 5.77. The molecule has 3 N–H and O–H groups in total. The Hall–Kier alpha value is -1.71. The van der Waals surface area contributed by atoms with Crippen LogP contribution < -0.4 is 10.1 Å². The summed E-state index contributed by atoms with van der Waals surface area (Å²) in [4.78, 5) is 23.9. The highest BCUT2D eigenvalue weighted by Gasteiger charge is 2.22. The molecule has 2 aromatic rings. The molecule has 0 saturated heterocycles. The summed E-state index contributed by atoms with van der Waals surface area (Å²) in [5, 5.41) is 21.9. The first-order valence-electron chi connectivity index (χ1n) is 9.16. The SMILES string of the molecule is CSCC[C@@H](NC(=O)c1cc(Br)c(Oc2ccc(O)c(C(C)C)c2)c(Br)c1)C(=O)O. The molecule has 0 spiro atoms. The molecule has 2 rings (SSSR count). The lowest BCUT2D eigenvalue weighted by Gasteiger charge is -2.16. The van der Waals surface area contributed by atoms with E-state index >= 15 is 0 Å². The van der Waals surface area contributed by atoms with Crippen LogP contribution in [0.3, 0.4) is 0 Å². The van der Waals surface area contributed by atoms with Gasteiger partial charge in [-0.15, -0.1) is 0 Å². The van der Waals surface area contributed by atoms with Crippen LogP contribution in [0.25, 0.3) is 0 Å². The molecule has 0 bridgehead atoms. The summed E-state index contributed by atoms with van der Waals surface area (Å²) in [5.74, 6) is 0.411. The first-order valence-corrected chi connectivity index (χ1v) is 12.1. The Morgan fingerprint density at radius 3 is 2.33 bits per heavy atom. The number of phenolic OH excluding ortho intramolecular Hbond substituents is 1. The van der Waals surface area contributed by atoms with E-state index in [1.165, 1.54) is 11.8 Å². The van der Waals surface area contributed by atoms with Gasteiger partial charge in [0.2, 0.25) is 0 Å². The van der Waals surface area contributed by atoms with Crippen molar-refractivity contribution in [1.82, 2.24) is 5.32 Å². The molecule has 0 aliphatic carbocycles. The summed E-state index contributed by atoms with van der Waals surface area (Å²) in [7, 11) is 0. The van der Waals surface area contributed by atoms with Crippen molar-refractivity contribution in [2.75, 3.05) is 12.0 Å². The number of aromatic hydroxyl groups is 1. The number of thioether (sulfide) groups is 1. The Balaban J connectivity index is 2.24. The molecule has 1 amide bonds. The smallest absolute Gasteiger partial charge is 0.326 e. The number of phenols is 1. The number of hydrogen-bond donors (Lipinski definition) is 3. The fourth-order valence-corrected chi connectivity index (χ4v) is 4.52. The van der Waals surface area contributed by atoms with Gasteiger partial charge < -0.3 is 20.3 Å². The minimum Gasteiger partial charge on any atom is -0.508 e. The van der Waals surface area contributed by atoms with Crippen molar-refractivity contribution in [3.63, 3.8) is 0 Å². The third-order valence-electron chi connectivity index (χ3n) is 4.32. The lowest BCUT2D eigenvalue weighted by molar-refractivity contribution is -0.139. The molecule has 0 aromatic heterocycles. The van der Waals surface area contributed by atoms with Crippen LogP contribution in [0, 0.1) is 0 Å². The van der Waals surface area contributed by atoms with Crippen LogP contribution >= 0.6 is 43.6 Å². The number of carbonyl (C=O) groups excluding carboxylic acids is 1. The number of hydrogen-bond acceptors (Lipinski definition) is 5. The van der Waals surface area contributed by atoms with E-state index in [0.29, 0.717) is 38.2 Å². The summed E-state index contributed by atoms with van der Waals surface area (Å²) >= 11 is 8.36. The maximum atomic E-state index is 12.6. The van der Waals surface area contributed by atoms with Gasteiger partial charge in [0, 0.05) is 11.1 Å². The Bertz CT molecular complexity index is 913. The summed E-state index contributed by atoms with van der Waals surface area (Å²) in [6.07, 6.45) is 2.22. The second-order valence-electron chi connectivity index (χ2n) is 6.89. The van der Waals surface area contributed by atoms with E-state index in [4.69, 9.17) is 4.74 Å². The molecular weight excluding hydrogens is 538 g/mol. The fraction of sp³-hybridized carbons (Fsp3) is 0.333. The predicted molar refractivity (Wildman–Crippen MR) is 126 cm³/mol. The highest BCUT2D eigenvalue weighted by atomic mass is 79.9. The maximum absolute atomic E-state index is 12.6. The molecule has 30 heavy (non-hydrogen) atoms. The highest BCUT2D eigenvalue weighted by Crippen LogP contribution is 2.39. The van der Waals surface area contributed by atoms with E-state index in [0.717, 1.165) is 5.56 Å². The van der Waals surface area contributed by atoms with Crippen molar-refractivity contribution in [2.24, 2.45) is 0 Å². The van der Waals surface area contributed by atoms with Crippen molar-refractivity contribution in [3.8, 4) is 17.2 Å². The summed E-state index contributed by atoms with van der Waals surface area (Å²) in [5.41, 5.74) is 1.06. The maximum Gasteiger partial charge on any atom is 0.326 e. The number of rotatable bonds is 9. The van der Waals surface area contributed by atoms with Gasteiger partial charge in [-0.05, 0) is 86.5 Å². The quantitative estimate of drug-likeness (QED) is 0.360. The molecule has 162 valence electrons. The summed E-state index contributed by atoms with van der Waals surface area (Å²) < 4.78 is 7.01. The molecule has 0 heterocycles. The number of carbonyl (C=O) groups is 2. The third-order valence-corrected chi connectivity index (χ3v) is 6.14. The lowest BCUT2D eigenvalue weighted by Crippen LogP contribution is -2.41. The molecular formula is C21H23Br2NO5S. The van der Waals surface area contributed by atoms with E-state index in [1.807, 2.05) is 20.1 Å². The zero-order valence-electron chi connectivity index (χ0n) is 16.7. The summed E-state index contributed by atoms with van der Waals surface area (Å²) in [6, 6.07) is 7.20. The van der Waals surface area contributed by atoms with Gasteiger partial charge in [-0.2, -0.15) is 11.8 Å². The Morgan fingerprint density at radius 2 is 1.80 bits per heavy atom. The molecule has 0 unspecified atom stereocenters. The fourth-order valence-electron chi connectivity index (χ4n) is 2.70. The van der Waals surface area contributed by atoms with Crippen LogP contribution in [-0.4, -0.2) is 40.1 Å². The topological polar surface area (TPSA) is 95.9 Å². The molecule has 0 aliphatic rings. The van der Waals surface area contributed by atoms with Crippen molar-refractivity contribution >= 4 is 55.5 Å². The van der Waals surface area contributed by atoms with Gasteiger partial charge in [0.15, 0.2) is 5.75 Å². The average molecular weight is 561 g/mol. The third kappa shape index (κ3) is 6.39. The second-order valence-corrected chi connectivity index (χ2v) is 9.59. The number of ether oxygens (including phenoxy) is 1. The zero-order chi connectivity index (χ0) is 22.4. The normalized spacial score (nSPS) is 11.9.